The summed E-state index contributed by atoms with van der Waals surface area (Å²) in [5, 5.41) is 6.36. The van der Waals surface area contributed by atoms with Crippen molar-refractivity contribution in [2.75, 3.05) is 18.5 Å². The molecule has 19 heavy (non-hydrogen) atoms. The van der Waals surface area contributed by atoms with Crippen LogP contribution in [-0.4, -0.2) is 25.1 Å². The minimum atomic E-state index is 0.104. The summed E-state index contributed by atoms with van der Waals surface area (Å²) in [4.78, 5) is 11.3. The quantitative estimate of drug-likeness (QED) is 0.875. The van der Waals surface area contributed by atoms with Gasteiger partial charge in [-0.05, 0) is 49.6 Å². The number of rotatable bonds is 3. The third-order valence-corrected chi connectivity index (χ3v) is 3.84. The van der Waals surface area contributed by atoms with Crippen LogP contribution in [0.4, 0.5) is 5.69 Å². The van der Waals surface area contributed by atoms with E-state index >= 15 is 0 Å². The molecule has 102 valence electrons. The monoisotopic (exact) mass is 260 g/mol. The van der Waals surface area contributed by atoms with Gasteiger partial charge in [-0.2, -0.15) is 0 Å². The molecule has 1 fully saturated rings. The Balaban J connectivity index is 1.60. The number of amides is 1. The molecule has 0 spiro atoms. The number of fused-ring (bicyclic) bond motifs is 1. The van der Waals surface area contributed by atoms with Crippen LogP contribution < -0.4 is 15.4 Å². The highest BCUT2D eigenvalue weighted by Gasteiger charge is 2.16. The molecule has 1 atom stereocenters. The largest absolute Gasteiger partial charge is 0.492 e. The average molecular weight is 260 g/mol. The smallest absolute Gasteiger partial charge is 0.224 e. The summed E-state index contributed by atoms with van der Waals surface area (Å²) >= 11 is 0. The molecule has 1 amide bonds. The minimum absolute atomic E-state index is 0.104. The molecule has 0 radical (unpaired) electrons. The normalized spacial score (nSPS) is 22.5. The van der Waals surface area contributed by atoms with Crippen LogP contribution in [0, 0.1) is 0 Å². The lowest BCUT2D eigenvalue weighted by Gasteiger charge is -2.24. The first-order valence-corrected chi connectivity index (χ1v) is 7.10. The first kappa shape index (κ1) is 12.5. The van der Waals surface area contributed by atoms with Crippen LogP contribution in [0.15, 0.2) is 18.2 Å². The molecule has 0 saturated carbocycles. The van der Waals surface area contributed by atoms with Gasteiger partial charge in [0.15, 0.2) is 0 Å². The van der Waals surface area contributed by atoms with E-state index in [1.165, 1.54) is 24.8 Å². The second-order valence-electron chi connectivity index (χ2n) is 5.32. The number of carbonyl (C=O) groups excluding carboxylic acids is 1. The van der Waals surface area contributed by atoms with E-state index in [4.69, 9.17) is 4.74 Å². The fourth-order valence-corrected chi connectivity index (χ4v) is 2.71. The van der Waals surface area contributed by atoms with Gasteiger partial charge >= 0.3 is 0 Å². The third-order valence-electron chi connectivity index (χ3n) is 3.84. The van der Waals surface area contributed by atoms with Crippen LogP contribution in [0.5, 0.6) is 5.75 Å². The van der Waals surface area contributed by atoms with Gasteiger partial charge in [0.05, 0.1) is 0 Å². The maximum absolute atomic E-state index is 11.3. The van der Waals surface area contributed by atoms with Crippen LogP contribution >= 0.6 is 0 Å². The summed E-state index contributed by atoms with van der Waals surface area (Å²) in [6.07, 6.45) is 5.13. The SMILES string of the molecule is O=C1CCc2cc(OCC3CCCCN3)ccc2N1. The molecule has 1 aromatic rings. The van der Waals surface area contributed by atoms with Crippen molar-refractivity contribution in [1.29, 1.82) is 0 Å². The maximum Gasteiger partial charge on any atom is 0.224 e. The molecule has 2 N–H and O–H groups in total. The van der Waals surface area contributed by atoms with Gasteiger partial charge in [-0.3, -0.25) is 4.79 Å². The number of anilines is 1. The fraction of sp³-hybridized carbons (Fsp3) is 0.533. The van der Waals surface area contributed by atoms with Gasteiger partial charge in [0.25, 0.3) is 0 Å². The summed E-state index contributed by atoms with van der Waals surface area (Å²) in [6, 6.07) is 6.41. The molecule has 3 rings (SSSR count). The van der Waals surface area contributed by atoms with E-state index in [1.807, 2.05) is 12.1 Å². The van der Waals surface area contributed by atoms with Gasteiger partial charge in [0.2, 0.25) is 5.91 Å². The lowest BCUT2D eigenvalue weighted by atomic mass is 10.0. The lowest BCUT2D eigenvalue weighted by Crippen LogP contribution is -2.38. The summed E-state index contributed by atoms with van der Waals surface area (Å²) in [7, 11) is 0. The van der Waals surface area contributed by atoms with Crippen LogP contribution in [0.25, 0.3) is 0 Å². The Morgan fingerprint density at radius 3 is 3.05 bits per heavy atom. The van der Waals surface area contributed by atoms with E-state index in [1.54, 1.807) is 0 Å². The zero-order valence-corrected chi connectivity index (χ0v) is 11.1. The number of aryl methyl sites for hydroxylation is 1. The first-order valence-electron chi connectivity index (χ1n) is 7.10. The molecule has 4 heteroatoms. The summed E-state index contributed by atoms with van der Waals surface area (Å²) < 4.78 is 5.86. The predicted molar refractivity (Wildman–Crippen MR) is 74.5 cm³/mol. The van der Waals surface area contributed by atoms with Crippen LogP contribution in [-0.2, 0) is 11.2 Å². The minimum Gasteiger partial charge on any atom is -0.492 e. The zero-order valence-electron chi connectivity index (χ0n) is 11.1. The molecular weight excluding hydrogens is 240 g/mol. The van der Waals surface area contributed by atoms with Crippen LogP contribution in [0.3, 0.4) is 0 Å². The second kappa shape index (κ2) is 5.61. The van der Waals surface area contributed by atoms with E-state index in [9.17, 15) is 4.79 Å². The van der Waals surface area contributed by atoms with Gasteiger partial charge in [-0.25, -0.2) is 0 Å². The van der Waals surface area contributed by atoms with Crippen molar-refractivity contribution in [2.45, 2.75) is 38.1 Å². The van der Waals surface area contributed by atoms with E-state index in [-0.39, 0.29) is 5.91 Å². The van der Waals surface area contributed by atoms with Gasteiger partial charge < -0.3 is 15.4 Å². The van der Waals surface area contributed by atoms with Crippen molar-refractivity contribution < 1.29 is 9.53 Å². The van der Waals surface area contributed by atoms with E-state index < -0.39 is 0 Å². The Bertz CT molecular complexity index is 467. The van der Waals surface area contributed by atoms with Gasteiger partial charge in [-0.1, -0.05) is 6.42 Å². The highest BCUT2D eigenvalue weighted by molar-refractivity contribution is 5.93. The van der Waals surface area contributed by atoms with Gasteiger partial charge in [-0.15, -0.1) is 0 Å². The molecule has 1 unspecified atom stereocenters. The van der Waals surface area contributed by atoms with Crippen LogP contribution in [0.2, 0.25) is 0 Å². The number of hydrogen-bond acceptors (Lipinski definition) is 3. The Morgan fingerprint density at radius 2 is 2.21 bits per heavy atom. The van der Waals surface area contributed by atoms with Gasteiger partial charge in [0, 0.05) is 18.2 Å². The number of carbonyl (C=O) groups is 1. The molecule has 4 nitrogen and oxygen atoms in total. The van der Waals surface area contributed by atoms with Crippen molar-refractivity contribution in [1.82, 2.24) is 5.32 Å². The van der Waals surface area contributed by atoms with Gasteiger partial charge in [0.1, 0.15) is 12.4 Å². The van der Waals surface area contributed by atoms with Crippen molar-refractivity contribution in [3.63, 3.8) is 0 Å². The molecule has 0 aromatic heterocycles. The van der Waals surface area contributed by atoms with E-state index in [0.717, 1.165) is 31.0 Å². The lowest BCUT2D eigenvalue weighted by molar-refractivity contribution is -0.116. The van der Waals surface area contributed by atoms with Crippen molar-refractivity contribution in [3.05, 3.63) is 23.8 Å². The Hall–Kier alpha value is -1.55. The molecule has 2 heterocycles. The Morgan fingerprint density at radius 1 is 1.26 bits per heavy atom. The number of benzene rings is 1. The first-order chi connectivity index (χ1) is 9.31. The highest BCUT2D eigenvalue weighted by atomic mass is 16.5. The predicted octanol–water partition coefficient (Wildman–Crippen LogP) is 2.09. The second-order valence-corrected chi connectivity index (χ2v) is 5.32. The topological polar surface area (TPSA) is 50.4 Å². The molecule has 0 aliphatic carbocycles. The van der Waals surface area contributed by atoms with Crippen molar-refractivity contribution in [3.8, 4) is 5.75 Å². The summed E-state index contributed by atoms with van der Waals surface area (Å²) in [6.45, 7) is 1.83. The highest BCUT2D eigenvalue weighted by Crippen LogP contribution is 2.27. The fourth-order valence-electron chi connectivity index (χ4n) is 2.71. The Labute approximate surface area is 113 Å². The van der Waals surface area contributed by atoms with Crippen LogP contribution in [0.1, 0.15) is 31.2 Å². The molecule has 1 saturated heterocycles. The van der Waals surface area contributed by atoms with Crippen molar-refractivity contribution in [2.24, 2.45) is 0 Å². The third kappa shape index (κ3) is 3.07. The number of piperidine rings is 1. The molecule has 2 aliphatic rings. The average Bonchev–Trinajstić information content (AvgIpc) is 2.46. The zero-order chi connectivity index (χ0) is 13.1. The number of nitrogens with one attached hydrogen (secondary N) is 2. The maximum atomic E-state index is 11.3. The number of ether oxygens (including phenoxy) is 1. The molecular formula is C15H20N2O2. The molecule has 1 aromatic carbocycles. The van der Waals surface area contributed by atoms with E-state index in [0.29, 0.717) is 12.5 Å². The van der Waals surface area contributed by atoms with Crippen molar-refractivity contribution >= 4 is 11.6 Å². The summed E-state index contributed by atoms with van der Waals surface area (Å²) in [5.74, 6) is 1.01. The standard InChI is InChI=1S/C15H20N2O2/c18-15-7-4-11-9-13(5-6-14(11)17-15)19-10-12-3-1-2-8-16-12/h5-6,9,12,16H,1-4,7-8,10H2,(H,17,18). The molecule has 0 bridgehead atoms. The van der Waals surface area contributed by atoms with E-state index in [2.05, 4.69) is 16.7 Å². The summed E-state index contributed by atoms with van der Waals surface area (Å²) in [5.41, 5.74) is 2.10. The molecule has 2 aliphatic heterocycles. The Kier molecular flexibility index (Phi) is 3.69. The number of hydrogen-bond donors (Lipinski definition) is 2.